The Morgan fingerprint density at radius 2 is 2.08 bits per heavy atom. The van der Waals surface area contributed by atoms with E-state index in [4.69, 9.17) is 21.7 Å². The molecule has 0 bridgehead atoms. The molecule has 0 saturated carbocycles. The summed E-state index contributed by atoms with van der Waals surface area (Å²) in [7, 11) is 1.61. The van der Waals surface area contributed by atoms with Gasteiger partial charge in [0.2, 0.25) is 0 Å². The van der Waals surface area contributed by atoms with Crippen molar-refractivity contribution in [3.05, 3.63) is 61.8 Å². The molecule has 1 amide bonds. The van der Waals surface area contributed by atoms with Gasteiger partial charge in [0.05, 0.1) is 24.7 Å². The molecule has 2 aromatic rings. The molecule has 1 aromatic heterocycles. The fourth-order valence-corrected chi connectivity index (χ4v) is 5.62. The highest BCUT2D eigenvalue weighted by Gasteiger charge is 2.35. The zero-order valence-electron chi connectivity index (χ0n) is 20.5. The lowest BCUT2D eigenvalue weighted by atomic mass is 10.0. The second-order valence-corrected chi connectivity index (χ2v) is 10.2. The van der Waals surface area contributed by atoms with Gasteiger partial charge in [0, 0.05) is 25.3 Å². The molecule has 0 spiro atoms. The van der Waals surface area contributed by atoms with Crippen molar-refractivity contribution in [2.75, 3.05) is 25.6 Å². The lowest BCUT2D eigenvalue weighted by Crippen LogP contribution is -2.35. The van der Waals surface area contributed by atoms with Gasteiger partial charge < -0.3 is 14.8 Å². The van der Waals surface area contributed by atoms with E-state index in [-0.39, 0.29) is 23.1 Å². The number of amides is 1. The molecule has 36 heavy (non-hydrogen) atoms. The minimum Gasteiger partial charge on any atom is -0.497 e. The maximum Gasteiger partial charge on any atom is 0.270 e. The fraction of sp³-hybridized carbons (Fsp3) is 0.385. The first kappa shape index (κ1) is 25.9. The van der Waals surface area contributed by atoms with Gasteiger partial charge in [-0.2, -0.15) is 5.26 Å². The van der Waals surface area contributed by atoms with Crippen molar-refractivity contribution < 1.29 is 14.3 Å². The Kier molecular flexibility index (Phi) is 8.14. The number of carbonyl (C=O) groups excluding carboxylic acids is 1. The topological polar surface area (TPSA) is 96.6 Å². The molecule has 2 aliphatic rings. The molecule has 1 unspecified atom stereocenters. The zero-order chi connectivity index (χ0) is 25.8. The van der Waals surface area contributed by atoms with Crippen LogP contribution in [0.15, 0.2) is 34.0 Å². The van der Waals surface area contributed by atoms with Gasteiger partial charge in [-0.1, -0.05) is 36.1 Å². The number of nitrogens with one attached hydrogen (secondary N) is 1. The molecule has 4 rings (SSSR count). The molecule has 1 N–H and O–H groups in total. The number of thioether (sulfide) groups is 1. The quantitative estimate of drug-likeness (QED) is 0.408. The van der Waals surface area contributed by atoms with Crippen molar-refractivity contribution >= 4 is 46.1 Å². The predicted octanol–water partition coefficient (Wildman–Crippen LogP) is 4.05. The van der Waals surface area contributed by atoms with E-state index in [1.165, 1.54) is 16.3 Å². The summed E-state index contributed by atoms with van der Waals surface area (Å²) in [6.45, 7) is 5.52. The summed E-state index contributed by atoms with van der Waals surface area (Å²) >= 11 is 6.73. The maximum atomic E-state index is 13.3. The standard InChI is InChI=1S/C26H28N4O4S2/c1-4-29-23(28-14-17-7-9-18(33-3)10-8-17)20(16(2)21(13-27)24(29)31)12-22-25(32)30(26(35)36-22)15-19-6-5-11-34-19/h7-10,12,19,28H,4-6,11,14-15H2,1-3H3/b22-12+. The van der Waals surface area contributed by atoms with Gasteiger partial charge in [-0.05, 0) is 56.0 Å². The average molecular weight is 525 g/mol. The highest BCUT2D eigenvalue weighted by Crippen LogP contribution is 2.35. The van der Waals surface area contributed by atoms with Gasteiger partial charge in [0.25, 0.3) is 11.5 Å². The Morgan fingerprint density at radius 1 is 1.33 bits per heavy atom. The summed E-state index contributed by atoms with van der Waals surface area (Å²) in [5, 5.41) is 13.1. The highest BCUT2D eigenvalue weighted by molar-refractivity contribution is 8.26. The van der Waals surface area contributed by atoms with Crippen molar-refractivity contribution in [1.29, 1.82) is 5.26 Å². The van der Waals surface area contributed by atoms with Crippen molar-refractivity contribution in [2.24, 2.45) is 0 Å². The Labute approximate surface area is 219 Å². The van der Waals surface area contributed by atoms with Crippen LogP contribution in [0, 0.1) is 18.3 Å². The summed E-state index contributed by atoms with van der Waals surface area (Å²) in [6, 6.07) is 9.66. The molecule has 8 nitrogen and oxygen atoms in total. The van der Waals surface area contributed by atoms with E-state index in [9.17, 15) is 14.9 Å². The van der Waals surface area contributed by atoms with E-state index in [1.54, 1.807) is 25.0 Å². The van der Waals surface area contributed by atoms with Gasteiger partial charge in [0.15, 0.2) is 0 Å². The van der Waals surface area contributed by atoms with Gasteiger partial charge in [0.1, 0.15) is 27.5 Å². The van der Waals surface area contributed by atoms with Crippen molar-refractivity contribution in [3.63, 3.8) is 0 Å². The number of thiocarbonyl (C=S) groups is 1. The maximum absolute atomic E-state index is 13.3. The number of pyridine rings is 1. The first-order chi connectivity index (χ1) is 17.4. The molecule has 0 aliphatic carbocycles. The van der Waals surface area contributed by atoms with E-state index in [0.29, 0.717) is 52.4 Å². The van der Waals surface area contributed by atoms with Crippen LogP contribution < -0.4 is 15.6 Å². The number of benzene rings is 1. The molecule has 2 fully saturated rings. The van der Waals surface area contributed by atoms with Crippen LogP contribution in [0.4, 0.5) is 5.82 Å². The summed E-state index contributed by atoms with van der Waals surface area (Å²) in [5.41, 5.74) is 1.83. The number of hydrogen-bond acceptors (Lipinski definition) is 8. The number of methoxy groups -OCH3 is 1. The number of ether oxygens (including phenoxy) is 2. The van der Waals surface area contributed by atoms with Gasteiger partial charge in [-0.3, -0.25) is 19.1 Å². The van der Waals surface area contributed by atoms with Crippen molar-refractivity contribution in [3.8, 4) is 11.8 Å². The average Bonchev–Trinajstić information content (AvgIpc) is 3.49. The van der Waals surface area contributed by atoms with Crippen LogP contribution in [0.25, 0.3) is 6.08 Å². The molecular weight excluding hydrogens is 496 g/mol. The molecule has 2 saturated heterocycles. The Morgan fingerprint density at radius 3 is 2.69 bits per heavy atom. The van der Waals surface area contributed by atoms with Gasteiger partial charge in [-0.15, -0.1) is 0 Å². The number of carbonyl (C=O) groups is 1. The second-order valence-electron chi connectivity index (χ2n) is 8.55. The van der Waals surface area contributed by atoms with Crippen LogP contribution in [0.5, 0.6) is 5.75 Å². The number of nitriles is 1. The Bertz CT molecular complexity index is 1310. The van der Waals surface area contributed by atoms with Crippen LogP contribution in [-0.4, -0.2) is 46.1 Å². The largest absolute Gasteiger partial charge is 0.497 e. The van der Waals surface area contributed by atoms with Crippen LogP contribution in [0.3, 0.4) is 0 Å². The first-order valence-electron chi connectivity index (χ1n) is 11.8. The number of nitrogens with zero attached hydrogens (tertiary/aromatic N) is 3. The summed E-state index contributed by atoms with van der Waals surface area (Å²) in [5.74, 6) is 1.12. The second kappa shape index (κ2) is 11.3. The summed E-state index contributed by atoms with van der Waals surface area (Å²) in [6.07, 6.45) is 3.62. The number of hydrogen-bond donors (Lipinski definition) is 1. The lowest BCUT2D eigenvalue weighted by molar-refractivity contribution is -0.123. The third-order valence-corrected chi connectivity index (χ3v) is 7.75. The highest BCUT2D eigenvalue weighted by atomic mass is 32.2. The smallest absolute Gasteiger partial charge is 0.270 e. The third kappa shape index (κ3) is 5.19. The van der Waals surface area contributed by atoms with Crippen LogP contribution >= 0.6 is 24.0 Å². The predicted molar refractivity (Wildman–Crippen MR) is 145 cm³/mol. The molecular formula is C26H28N4O4S2. The molecule has 1 aromatic carbocycles. The summed E-state index contributed by atoms with van der Waals surface area (Å²) < 4.78 is 12.9. The van der Waals surface area contributed by atoms with Crippen LogP contribution in [0.2, 0.25) is 0 Å². The molecule has 1 atom stereocenters. The van der Waals surface area contributed by atoms with Gasteiger partial charge in [-0.25, -0.2) is 0 Å². The molecule has 3 heterocycles. The zero-order valence-corrected chi connectivity index (χ0v) is 22.1. The SMILES string of the molecule is CCn1c(NCc2ccc(OC)cc2)c(/C=C2/SC(=S)N(CC3CCCO3)C2=O)c(C)c(C#N)c1=O. The van der Waals surface area contributed by atoms with Crippen LogP contribution in [-0.2, 0) is 22.6 Å². The van der Waals surface area contributed by atoms with Crippen molar-refractivity contribution in [2.45, 2.75) is 45.9 Å². The lowest BCUT2D eigenvalue weighted by Gasteiger charge is -2.20. The third-order valence-electron chi connectivity index (χ3n) is 6.37. The number of aromatic nitrogens is 1. The van der Waals surface area contributed by atoms with E-state index in [0.717, 1.165) is 24.2 Å². The minimum atomic E-state index is -0.363. The van der Waals surface area contributed by atoms with Gasteiger partial charge >= 0.3 is 0 Å². The van der Waals surface area contributed by atoms with E-state index >= 15 is 0 Å². The van der Waals surface area contributed by atoms with E-state index in [2.05, 4.69) is 5.32 Å². The molecule has 188 valence electrons. The number of anilines is 1. The van der Waals surface area contributed by atoms with Crippen molar-refractivity contribution in [1.82, 2.24) is 9.47 Å². The van der Waals surface area contributed by atoms with Crippen LogP contribution in [0.1, 0.15) is 42.0 Å². The molecule has 2 aliphatic heterocycles. The Balaban J connectivity index is 1.72. The molecule has 10 heteroatoms. The normalized spacial score (nSPS) is 18.7. The minimum absolute atomic E-state index is 0.0116. The van der Waals surface area contributed by atoms with E-state index < -0.39 is 0 Å². The number of rotatable bonds is 8. The summed E-state index contributed by atoms with van der Waals surface area (Å²) in [4.78, 5) is 28.4. The monoisotopic (exact) mass is 524 g/mol. The first-order valence-corrected chi connectivity index (χ1v) is 13.0. The molecule has 0 radical (unpaired) electrons. The fourth-order valence-electron chi connectivity index (χ4n) is 4.36. The Hall–Kier alpha value is -3.13. The van der Waals surface area contributed by atoms with E-state index in [1.807, 2.05) is 37.3 Å².